The van der Waals surface area contributed by atoms with Gasteiger partial charge in [-0.3, -0.25) is 13.7 Å². The minimum absolute atomic E-state index is 0.0167. The topological polar surface area (TPSA) is 270 Å². The molecule has 20 heteroatoms. The van der Waals surface area contributed by atoms with Crippen LogP contribution in [-0.2, 0) is 27.3 Å². The highest BCUT2D eigenvalue weighted by Gasteiger charge is 2.38. The van der Waals surface area contributed by atoms with Gasteiger partial charge in [0.05, 0.1) is 19.0 Å². The number of anilines is 1. The average Bonchev–Trinajstić information content (AvgIpc) is 3.14. The molecule has 2 aromatic heterocycles. The Bertz CT molecular complexity index is 1070. The molecule has 5 unspecified atom stereocenters. The third-order valence-electron chi connectivity index (χ3n) is 3.76. The number of nitrogens with one attached hydrogen (secondary N) is 1. The van der Waals surface area contributed by atoms with Crippen molar-refractivity contribution >= 4 is 40.3 Å². The van der Waals surface area contributed by atoms with Crippen molar-refractivity contribution in [1.82, 2.24) is 24.4 Å². The number of hydrogen-bond donors (Lipinski definition) is 4. The minimum Gasteiger partial charge on any atom is -0.799 e. The number of nitrogens with two attached hydrogens (primary N) is 1. The van der Waals surface area contributed by atoms with E-state index in [2.05, 4.69) is 23.8 Å². The number of nitrogen functional groups attached to an aromatic ring is 1. The maximum absolute atomic E-state index is 11.7. The standard InChI is InChI=1S/C10H17N6O11P3/c11-9-8-10(13-3-12-9)16(4-14-8)7-1-5(17)6(26-7)2-25-30(23,24)27-29(21,22)15-28(18,19)20/h3-7,17H,1-2H2,(H,23,24)(H2,11,12,13)(H4,15,18,19,20,21,22)/p-3. The summed E-state index contributed by atoms with van der Waals surface area (Å²) < 4.78 is 48.5. The molecule has 17 nitrogen and oxygen atoms in total. The number of imidazole rings is 1. The Labute approximate surface area is 167 Å². The first-order valence-corrected chi connectivity index (χ1v) is 12.4. The molecule has 3 heterocycles. The molecule has 5 N–H and O–H groups in total. The lowest BCUT2D eigenvalue weighted by atomic mass is 10.2. The van der Waals surface area contributed by atoms with Crippen LogP contribution < -0.4 is 25.3 Å². The number of phosphoric ester groups is 1. The van der Waals surface area contributed by atoms with Gasteiger partial charge < -0.3 is 39.7 Å². The van der Waals surface area contributed by atoms with Crippen molar-refractivity contribution in [2.24, 2.45) is 0 Å². The van der Waals surface area contributed by atoms with Crippen molar-refractivity contribution < 1.29 is 51.9 Å². The Morgan fingerprint density at radius 1 is 1.30 bits per heavy atom. The number of aromatic nitrogens is 4. The van der Waals surface area contributed by atoms with Crippen LogP contribution in [0.1, 0.15) is 12.6 Å². The number of hydrogen-bond acceptors (Lipinski definition) is 14. The van der Waals surface area contributed by atoms with Crippen molar-refractivity contribution in [3.05, 3.63) is 12.7 Å². The number of phosphoric acid groups is 1. The van der Waals surface area contributed by atoms with Gasteiger partial charge in [-0.05, 0) is 0 Å². The van der Waals surface area contributed by atoms with E-state index in [1.807, 2.05) is 0 Å². The largest absolute Gasteiger partial charge is 0.799 e. The van der Waals surface area contributed by atoms with Gasteiger partial charge in [0, 0.05) is 14.2 Å². The molecule has 0 amide bonds. The maximum Gasteiger partial charge on any atom is 0.478 e. The molecule has 0 bridgehead atoms. The Kier molecular flexibility index (Phi) is 6.47. The molecule has 0 spiro atoms. The molecule has 0 aliphatic carbocycles. The molecular weight excluding hydrogens is 473 g/mol. The van der Waals surface area contributed by atoms with E-state index in [-0.39, 0.29) is 17.8 Å². The summed E-state index contributed by atoms with van der Waals surface area (Å²) in [5.74, 6) is 0.118. The van der Waals surface area contributed by atoms with E-state index in [0.717, 1.165) is 0 Å². The van der Waals surface area contributed by atoms with Gasteiger partial charge in [-0.25, -0.2) is 28.7 Å². The summed E-state index contributed by atoms with van der Waals surface area (Å²) in [6.07, 6.45) is -0.742. The van der Waals surface area contributed by atoms with Crippen LogP contribution >= 0.6 is 23.3 Å². The second-order valence-corrected chi connectivity index (χ2v) is 10.6. The van der Waals surface area contributed by atoms with E-state index >= 15 is 0 Å². The predicted octanol–water partition coefficient (Wildman–Crippen LogP) is -2.92. The van der Waals surface area contributed by atoms with Crippen LogP contribution in [0.3, 0.4) is 0 Å². The molecule has 1 aliphatic heterocycles. The molecule has 30 heavy (non-hydrogen) atoms. The van der Waals surface area contributed by atoms with Crippen LogP contribution in [0.25, 0.3) is 11.2 Å². The van der Waals surface area contributed by atoms with Gasteiger partial charge in [-0.2, -0.15) is 0 Å². The fraction of sp³-hybridized carbons (Fsp3) is 0.500. The molecule has 2 aromatic rings. The van der Waals surface area contributed by atoms with Gasteiger partial charge >= 0.3 is 7.82 Å². The van der Waals surface area contributed by atoms with Gasteiger partial charge in [0.15, 0.2) is 11.5 Å². The van der Waals surface area contributed by atoms with Gasteiger partial charge in [-0.1, -0.05) is 0 Å². The van der Waals surface area contributed by atoms with E-state index in [9.17, 15) is 38.4 Å². The molecule has 1 saturated heterocycles. The first kappa shape index (κ1) is 23.3. The molecular formula is C10H14N6O11P3-3. The fourth-order valence-corrected chi connectivity index (χ4v) is 5.90. The van der Waals surface area contributed by atoms with Crippen LogP contribution in [0.2, 0.25) is 0 Å². The van der Waals surface area contributed by atoms with Crippen molar-refractivity contribution in [2.75, 3.05) is 12.3 Å². The molecule has 3 rings (SSSR count). The zero-order chi connectivity index (χ0) is 22.3. The lowest BCUT2D eigenvalue weighted by Gasteiger charge is -2.37. The Hall–Kier alpha value is -1.32. The molecule has 168 valence electrons. The highest BCUT2D eigenvalue weighted by atomic mass is 31.3. The summed E-state index contributed by atoms with van der Waals surface area (Å²) in [5, 5.41) is 10.1. The highest BCUT2D eigenvalue weighted by Crippen LogP contribution is 2.58. The van der Waals surface area contributed by atoms with Crippen molar-refractivity contribution in [3.8, 4) is 0 Å². The lowest BCUT2D eigenvalue weighted by molar-refractivity contribution is -0.317. The zero-order valence-corrected chi connectivity index (χ0v) is 17.3. The van der Waals surface area contributed by atoms with E-state index in [1.165, 1.54) is 17.2 Å². The molecule has 1 aliphatic rings. The molecule has 0 saturated carbocycles. The van der Waals surface area contributed by atoms with Crippen molar-refractivity contribution in [3.63, 3.8) is 0 Å². The van der Waals surface area contributed by atoms with Crippen LogP contribution in [0, 0.1) is 0 Å². The van der Waals surface area contributed by atoms with E-state index in [4.69, 9.17) is 10.5 Å². The summed E-state index contributed by atoms with van der Waals surface area (Å²) >= 11 is 0. The monoisotopic (exact) mass is 487 g/mol. The van der Waals surface area contributed by atoms with Crippen LogP contribution in [0.15, 0.2) is 12.7 Å². The second kappa shape index (κ2) is 8.31. The van der Waals surface area contributed by atoms with Gasteiger partial charge in [0.2, 0.25) is 7.75 Å². The molecule has 0 aromatic carbocycles. The van der Waals surface area contributed by atoms with Crippen LogP contribution in [0.4, 0.5) is 5.82 Å². The third-order valence-corrected chi connectivity index (χ3v) is 7.88. The summed E-state index contributed by atoms with van der Waals surface area (Å²) in [6, 6.07) is 0. The zero-order valence-electron chi connectivity index (χ0n) is 14.6. The summed E-state index contributed by atoms with van der Waals surface area (Å²) in [4.78, 5) is 53.9. The number of rotatable bonds is 8. The third kappa shape index (κ3) is 5.68. The van der Waals surface area contributed by atoms with Crippen LogP contribution in [0.5, 0.6) is 0 Å². The quantitative estimate of drug-likeness (QED) is 0.271. The van der Waals surface area contributed by atoms with Crippen molar-refractivity contribution in [1.29, 1.82) is 0 Å². The number of aliphatic hydroxyl groups is 1. The lowest BCUT2D eigenvalue weighted by Crippen LogP contribution is -2.30. The summed E-state index contributed by atoms with van der Waals surface area (Å²) in [7, 11) is -17.0. The van der Waals surface area contributed by atoms with Crippen LogP contribution in [-0.4, -0.2) is 48.3 Å². The second-order valence-electron chi connectivity index (χ2n) is 5.96. The van der Waals surface area contributed by atoms with E-state index < -0.39 is 48.4 Å². The smallest absolute Gasteiger partial charge is 0.478 e. The van der Waals surface area contributed by atoms with E-state index in [1.54, 1.807) is 0 Å². The van der Waals surface area contributed by atoms with Gasteiger partial charge in [-0.15, -0.1) is 0 Å². The normalized spacial score (nSPS) is 26.5. The van der Waals surface area contributed by atoms with Crippen molar-refractivity contribution in [2.45, 2.75) is 24.9 Å². The van der Waals surface area contributed by atoms with Gasteiger partial charge in [0.25, 0.3) is 0 Å². The fourth-order valence-electron chi connectivity index (χ4n) is 2.61. The van der Waals surface area contributed by atoms with E-state index in [0.29, 0.717) is 10.5 Å². The Balaban J connectivity index is 1.64. The average molecular weight is 487 g/mol. The predicted molar refractivity (Wildman–Crippen MR) is 89.5 cm³/mol. The van der Waals surface area contributed by atoms with Gasteiger partial charge in [0.1, 0.15) is 24.2 Å². The molecule has 5 atom stereocenters. The highest BCUT2D eigenvalue weighted by molar-refractivity contribution is 7.69. The Morgan fingerprint density at radius 2 is 2.00 bits per heavy atom. The summed E-state index contributed by atoms with van der Waals surface area (Å²) in [6.45, 7) is -0.818. The number of ether oxygens (including phenoxy) is 1. The first-order valence-electron chi connectivity index (χ1n) is 7.84. The number of nitrogens with zero attached hydrogens (tertiary/aromatic N) is 4. The minimum atomic E-state index is -5.81. The number of fused-ring (bicyclic) bond motifs is 1. The Morgan fingerprint density at radius 3 is 2.67 bits per heavy atom. The maximum atomic E-state index is 11.7. The number of aliphatic hydroxyl groups excluding tert-OH is 1. The first-order chi connectivity index (χ1) is 13.8. The molecule has 0 radical (unpaired) electrons. The molecule has 1 fully saturated rings. The summed E-state index contributed by atoms with van der Waals surface area (Å²) in [5.41, 5.74) is 6.28. The SMILES string of the molecule is Nc1ncnc2c1ncn2C1CC(O)C(COP(=O)(O)OP(=O)([O-])NP(=O)([O-])[O-])O1.